The van der Waals surface area contributed by atoms with Gasteiger partial charge in [0.2, 0.25) is 0 Å². The molecule has 1 aromatic heterocycles. The zero-order valence-corrected chi connectivity index (χ0v) is 8.07. The van der Waals surface area contributed by atoms with Crippen molar-refractivity contribution in [1.82, 2.24) is 4.98 Å². The lowest BCUT2D eigenvalue weighted by atomic mass is 10.0. The topological polar surface area (TPSA) is 59.1 Å². The van der Waals surface area contributed by atoms with Crippen LogP contribution >= 0.6 is 0 Å². The van der Waals surface area contributed by atoms with E-state index in [-0.39, 0.29) is 0 Å². The molecule has 0 radical (unpaired) electrons. The summed E-state index contributed by atoms with van der Waals surface area (Å²) in [5.74, 6) is 0.880. The molecule has 0 aliphatic carbocycles. The second-order valence-corrected chi connectivity index (χ2v) is 3.62. The van der Waals surface area contributed by atoms with E-state index in [0.29, 0.717) is 11.7 Å². The summed E-state index contributed by atoms with van der Waals surface area (Å²) in [5, 5.41) is 9.75. The molecular weight excluding hydrogens is 164 g/mol. The molecule has 0 saturated carbocycles. The third kappa shape index (κ3) is 2.70. The highest BCUT2D eigenvalue weighted by Crippen LogP contribution is 2.23. The molecule has 0 aliphatic rings. The zero-order chi connectivity index (χ0) is 9.84. The molecule has 3 N–H and O–H groups in total. The maximum absolute atomic E-state index is 9.75. The number of hydrogen-bond acceptors (Lipinski definition) is 3. The minimum Gasteiger partial charge on any atom is -0.388 e. The van der Waals surface area contributed by atoms with E-state index in [9.17, 15) is 5.11 Å². The average molecular weight is 180 g/mol. The van der Waals surface area contributed by atoms with Crippen molar-refractivity contribution in [2.45, 2.75) is 26.4 Å². The van der Waals surface area contributed by atoms with Crippen molar-refractivity contribution in [2.75, 3.05) is 5.73 Å². The van der Waals surface area contributed by atoms with E-state index in [1.807, 2.05) is 6.07 Å². The Morgan fingerprint density at radius 1 is 1.54 bits per heavy atom. The SMILES string of the molecule is CC(C)CC(O)c1cccnc1N. The maximum atomic E-state index is 9.75. The van der Waals surface area contributed by atoms with Gasteiger partial charge < -0.3 is 10.8 Å². The largest absolute Gasteiger partial charge is 0.388 e. The van der Waals surface area contributed by atoms with E-state index in [1.165, 1.54) is 0 Å². The molecule has 3 nitrogen and oxygen atoms in total. The van der Waals surface area contributed by atoms with E-state index in [1.54, 1.807) is 12.3 Å². The van der Waals surface area contributed by atoms with Gasteiger partial charge in [-0.05, 0) is 18.4 Å². The van der Waals surface area contributed by atoms with Crippen molar-refractivity contribution in [3.8, 4) is 0 Å². The molecule has 72 valence electrons. The van der Waals surface area contributed by atoms with E-state index >= 15 is 0 Å². The standard InChI is InChI=1S/C10H16N2O/c1-7(2)6-9(13)8-4-3-5-12-10(8)11/h3-5,7,9,13H,6H2,1-2H3,(H2,11,12). The van der Waals surface area contributed by atoms with Gasteiger partial charge >= 0.3 is 0 Å². The first kappa shape index (κ1) is 9.99. The van der Waals surface area contributed by atoms with Crippen LogP contribution in [0, 0.1) is 5.92 Å². The molecular formula is C10H16N2O. The molecule has 0 amide bonds. The van der Waals surface area contributed by atoms with Gasteiger partial charge in [0.1, 0.15) is 5.82 Å². The normalized spacial score (nSPS) is 13.2. The monoisotopic (exact) mass is 180 g/mol. The average Bonchev–Trinajstić information content (AvgIpc) is 2.03. The van der Waals surface area contributed by atoms with Gasteiger partial charge in [0.25, 0.3) is 0 Å². The summed E-state index contributed by atoms with van der Waals surface area (Å²) >= 11 is 0. The number of rotatable bonds is 3. The van der Waals surface area contributed by atoms with Crippen LogP contribution in [0.2, 0.25) is 0 Å². The van der Waals surface area contributed by atoms with Gasteiger partial charge in [-0.15, -0.1) is 0 Å². The molecule has 1 heterocycles. The Bertz CT molecular complexity index is 273. The lowest BCUT2D eigenvalue weighted by Crippen LogP contribution is -2.06. The third-order valence-corrected chi connectivity index (χ3v) is 1.92. The van der Waals surface area contributed by atoms with Crippen molar-refractivity contribution in [3.63, 3.8) is 0 Å². The summed E-state index contributed by atoms with van der Waals surface area (Å²) in [7, 11) is 0. The number of hydrogen-bond donors (Lipinski definition) is 2. The minimum absolute atomic E-state index is 0.427. The van der Waals surface area contributed by atoms with Gasteiger partial charge in [0, 0.05) is 11.8 Å². The van der Waals surface area contributed by atoms with Crippen LogP contribution in [-0.2, 0) is 0 Å². The minimum atomic E-state index is -0.492. The number of anilines is 1. The lowest BCUT2D eigenvalue weighted by molar-refractivity contribution is 0.151. The number of nitrogen functional groups attached to an aromatic ring is 1. The van der Waals surface area contributed by atoms with Crippen LogP contribution < -0.4 is 5.73 Å². The zero-order valence-electron chi connectivity index (χ0n) is 8.07. The van der Waals surface area contributed by atoms with Crippen LogP contribution in [0.1, 0.15) is 31.9 Å². The number of aliphatic hydroxyl groups is 1. The van der Waals surface area contributed by atoms with Crippen molar-refractivity contribution < 1.29 is 5.11 Å². The van der Waals surface area contributed by atoms with Gasteiger partial charge in [0.05, 0.1) is 6.10 Å². The number of nitrogens with zero attached hydrogens (tertiary/aromatic N) is 1. The Hall–Kier alpha value is -1.09. The summed E-state index contributed by atoms with van der Waals surface area (Å²) in [6.07, 6.45) is 1.85. The fraction of sp³-hybridized carbons (Fsp3) is 0.500. The first-order chi connectivity index (χ1) is 6.11. The number of nitrogens with two attached hydrogens (primary N) is 1. The Morgan fingerprint density at radius 3 is 2.77 bits per heavy atom. The number of aromatic nitrogens is 1. The molecule has 1 rings (SSSR count). The second kappa shape index (κ2) is 4.23. The van der Waals surface area contributed by atoms with Gasteiger partial charge in [-0.25, -0.2) is 4.98 Å². The molecule has 1 aromatic rings. The maximum Gasteiger partial charge on any atom is 0.129 e. The molecule has 3 heteroatoms. The highest BCUT2D eigenvalue weighted by atomic mass is 16.3. The molecule has 0 aliphatic heterocycles. The summed E-state index contributed by atoms with van der Waals surface area (Å²) < 4.78 is 0. The fourth-order valence-electron chi connectivity index (χ4n) is 1.29. The summed E-state index contributed by atoms with van der Waals surface area (Å²) in [6, 6.07) is 3.60. The van der Waals surface area contributed by atoms with Crippen molar-refractivity contribution >= 4 is 5.82 Å². The highest BCUT2D eigenvalue weighted by molar-refractivity contribution is 5.39. The smallest absolute Gasteiger partial charge is 0.129 e. The first-order valence-corrected chi connectivity index (χ1v) is 4.49. The van der Waals surface area contributed by atoms with Crippen molar-refractivity contribution in [1.29, 1.82) is 0 Å². The molecule has 13 heavy (non-hydrogen) atoms. The fourth-order valence-corrected chi connectivity index (χ4v) is 1.29. The van der Waals surface area contributed by atoms with Crippen LogP contribution in [0.3, 0.4) is 0 Å². The van der Waals surface area contributed by atoms with Crippen molar-refractivity contribution in [3.05, 3.63) is 23.9 Å². The summed E-state index contributed by atoms with van der Waals surface area (Å²) in [4.78, 5) is 3.93. The predicted octanol–water partition coefficient (Wildman–Crippen LogP) is 1.74. The molecule has 1 unspecified atom stereocenters. The quantitative estimate of drug-likeness (QED) is 0.745. The van der Waals surface area contributed by atoms with Gasteiger partial charge in [0.15, 0.2) is 0 Å². The van der Waals surface area contributed by atoms with Crippen LogP contribution in [0.4, 0.5) is 5.82 Å². The second-order valence-electron chi connectivity index (χ2n) is 3.62. The van der Waals surface area contributed by atoms with E-state index < -0.39 is 6.10 Å². The van der Waals surface area contributed by atoms with Gasteiger partial charge in [-0.3, -0.25) is 0 Å². The Morgan fingerprint density at radius 2 is 2.23 bits per heavy atom. The van der Waals surface area contributed by atoms with Gasteiger partial charge in [-0.1, -0.05) is 19.9 Å². The van der Waals surface area contributed by atoms with E-state index in [4.69, 9.17) is 5.73 Å². The lowest BCUT2D eigenvalue weighted by Gasteiger charge is -2.14. The number of pyridine rings is 1. The Balaban J connectivity index is 2.76. The Labute approximate surface area is 78.6 Å². The van der Waals surface area contributed by atoms with Crippen LogP contribution in [-0.4, -0.2) is 10.1 Å². The van der Waals surface area contributed by atoms with E-state index in [2.05, 4.69) is 18.8 Å². The molecule has 1 atom stereocenters. The summed E-state index contributed by atoms with van der Waals surface area (Å²) in [6.45, 7) is 4.13. The summed E-state index contributed by atoms with van der Waals surface area (Å²) in [5.41, 5.74) is 6.36. The Kier molecular flexibility index (Phi) is 3.25. The molecule has 0 saturated heterocycles. The highest BCUT2D eigenvalue weighted by Gasteiger charge is 2.12. The molecule has 0 aromatic carbocycles. The molecule has 0 fully saturated rings. The van der Waals surface area contributed by atoms with Crippen LogP contribution in [0.15, 0.2) is 18.3 Å². The van der Waals surface area contributed by atoms with Crippen molar-refractivity contribution in [2.24, 2.45) is 5.92 Å². The van der Waals surface area contributed by atoms with Gasteiger partial charge in [-0.2, -0.15) is 0 Å². The predicted molar refractivity (Wildman–Crippen MR) is 53.1 cm³/mol. The first-order valence-electron chi connectivity index (χ1n) is 4.49. The van der Waals surface area contributed by atoms with Crippen LogP contribution in [0.5, 0.6) is 0 Å². The molecule has 0 spiro atoms. The molecule has 0 bridgehead atoms. The number of aliphatic hydroxyl groups excluding tert-OH is 1. The van der Waals surface area contributed by atoms with Crippen LogP contribution in [0.25, 0.3) is 0 Å². The van der Waals surface area contributed by atoms with E-state index in [0.717, 1.165) is 12.0 Å². The third-order valence-electron chi connectivity index (χ3n) is 1.92.